The second-order valence-corrected chi connectivity index (χ2v) is 3.57. The minimum Gasteiger partial charge on any atom is -0.370 e. The molecule has 2 heteroatoms. The third kappa shape index (κ3) is 1.94. The van der Waals surface area contributed by atoms with Crippen LogP contribution < -0.4 is 5.32 Å². The maximum Gasteiger partial charge on any atom is 0.126 e. The summed E-state index contributed by atoms with van der Waals surface area (Å²) in [4.78, 5) is 4.62. The molecule has 0 aliphatic heterocycles. The number of anilines is 1. The average Bonchev–Trinajstić information content (AvgIpc) is 2.28. The summed E-state index contributed by atoms with van der Waals surface area (Å²) in [5, 5.41) is 4.46. The van der Waals surface area contributed by atoms with E-state index in [1.807, 2.05) is 6.07 Å². The summed E-state index contributed by atoms with van der Waals surface area (Å²) < 4.78 is 0. The van der Waals surface area contributed by atoms with Gasteiger partial charge in [-0.05, 0) is 31.0 Å². The van der Waals surface area contributed by atoms with Crippen molar-refractivity contribution in [1.82, 2.24) is 4.98 Å². The molecule has 1 N–H and O–H groups in total. The Balaban J connectivity index is 2.57. The highest BCUT2D eigenvalue weighted by molar-refractivity contribution is 5.83. The first-order valence-corrected chi connectivity index (χ1v) is 5.47. The van der Waals surface area contributed by atoms with Gasteiger partial charge < -0.3 is 5.32 Å². The van der Waals surface area contributed by atoms with Gasteiger partial charge in [0.05, 0.1) is 5.52 Å². The van der Waals surface area contributed by atoms with Crippen molar-refractivity contribution >= 4 is 16.7 Å². The van der Waals surface area contributed by atoms with Gasteiger partial charge in [0, 0.05) is 11.9 Å². The number of para-hydroxylation sites is 1. The maximum atomic E-state index is 4.62. The van der Waals surface area contributed by atoms with Crippen LogP contribution in [0.3, 0.4) is 0 Å². The van der Waals surface area contributed by atoms with Crippen LogP contribution >= 0.6 is 0 Å². The molecule has 0 radical (unpaired) electrons. The summed E-state index contributed by atoms with van der Waals surface area (Å²) in [6, 6.07) is 10.5. The molecule has 0 aliphatic carbocycles. The second-order valence-electron chi connectivity index (χ2n) is 3.57. The number of pyridine rings is 1. The zero-order chi connectivity index (χ0) is 10.7. The van der Waals surface area contributed by atoms with Crippen molar-refractivity contribution in [2.45, 2.75) is 20.3 Å². The largest absolute Gasteiger partial charge is 0.370 e. The zero-order valence-electron chi connectivity index (χ0n) is 9.25. The first kappa shape index (κ1) is 9.97. The normalized spacial score (nSPS) is 10.5. The van der Waals surface area contributed by atoms with Crippen molar-refractivity contribution in [1.29, 1.82) is 0 Å². The summed E-state index contributed by atoms with van der Waals surface area (Å²) in [7, 11) is 0. The molecule has 0 atom stereocenters. The topological polar surface area (TPSA) is 24.9 Å². The minimum absolute atomic E-state index is 0.910. The number of hydrogen-bond donors (Lipinski definition) is 1. The van der Waals surface area contributed by atoms with Gasteiger partial charge >= 0.3 is 0 Å². The van der Waals surface area contributed by atoms with Gasteiger partial charge in [0.15, 0.2) is 0 Å². The van der Waals surface area contributed by atoms with Gasteiger partial charge in [-0.1, -0.05) is 25.1 Å². The Morgan fingerprint density at radius 1 is 1.13 bits per heavy atom. The lowest BCUT2D eigenvalue weighted by atomic mass is 10.1. The standard InChI is InChI=1S/C13H16N2/c1-3-10-6-5-7-11-8-9-12(14-4-2)15-13(10)11/h5-9H,3-4H2,1-2H3,(H,14,15). The van der Waals surface area contributed by atoms with Crippen molar-refractivity contribution in [3.63, 3.8) is 0 Å². The lowest BCUT2D eigenvalue weighted by molar-refractivity contribution is 1.13. The van der Waals surface area contributed by atoms with Gasteiger partial charge in [-0.25, -0.2) is 4.98 Å². The lowest BCUT2D eigenvalue weighted by Gasteiger charge is -2.06. The van der Waals surface area contributed by atoms with Crippen LogP contribution in [0.4, 0.5) is 5.82 Å². The van der Waals surface area contributed by atoms with Crippen molar-refractivity contribution < 1.29 is 0 Å². The van der Waals surface area contributed by atoms with E-state index in [2.05, 4.69) is 48.4 Å². The van der Waals surface area contributed by atoms with Crippen molar-refractivity contribution in [3.05, 3.63) is 35.9 Å². The molecule has 1 aromatic heterocycles. The number of nitrogens with one attached hydrogen (secondary N) is 1. The van der Waals surface area contributed by atoms with Crippen LogP contribution in [0.15, 0.2) is 30.3 Å². The molecule has 0 fully saturated rings. The van der Waals surface area contributed by atoms with E-state index in [-0.39, 0.29) is 0 Å². The zero-order valence-corrected chi connectivity index (χ0v) is 9.25. The Labute approximate surface area is 90.3 Å². The number of aromatic nitrogens is 1. The highest BCUT2D eigenvalue weighted by Gasteiger charge is 2.01. The molecule has 0 spiro atoms. The number of rotatable bonds is 3. The fraction of sp³-hybridized carbons (Fsp3) is 0.308. The van der Waals surface area contributed by atoms with E-state index < -0.39 is 0 Å². The average molecular weight is 200 g/mol. The van der Waals surface area contributed by atoms with E-state index in [4.69, 9.17) is 0 Å². The summed E-state index contributed by atoms with van der Waals surface area (Å²) >= 11 is 0. The molecular formula is C13H16N2. The molecule has 0 aliphatic rings. The molecule has 0 unspecified atom stereocenters. The quantitative estimate of drug-likeness (QED) is 0.822. The molecular weight excluding hydrogens is 184 g/mol. The number of aryl methyl sites for hydroxylation is 1. The molecule has 2 rings (SSSR count). The smallest absolute Gasteiger partial charge is 0.126 e. The van der Waals surface area contributed by atoms with Crippen LogP contribution in [0.2, 0.25) is 0 Å². The summed E-state index contributed by atoms with van der Waals surface area (Å²) in [5.41, 5.74) is 2.44. The number of hydrogen-bond acceptors (Lipinski definition) is 2. The Morgan fingerprint density at radius 3 is 2.73 bits per heavy atom. The van der Waals surface area contributed by atoms with Gasteiger partial charge in [-0.2, -0.15) is 0 Å². The van der Waals surface area contributed by atoms with Gasteiger partial charge in [0.2, 0.25) is 0 Å². The van der Waals surface area contributed by atoms with E-state index >= 15 is 0 Å². The van der Waals surface area contributed by atoms with Crippen molar-refractivity contribution in [2.24, 2.45) is 0 Å². The minimum atomic E-state index is 0.910. The molecule has 2 aromatic rings. The Hall–Kier alpha value is -1.57. The van der Waals surface area contributed by atoms with Crippen LogP contribution in [-0.2, 0) is 6.42 Å². The van der Waals surface area contributed by atoms with Crippen molar-refractivity contribution in [3.8, 4) is 0 Å². The van der Waals surface area contributed by atoms with Crippen LogP contribution in [0.25, 0.3) is 10.9 Å². The molecule has 0 saturated carbocycles. The maximum absolute atomic E-state index is 4.62. The van der Waals surface area contributed by atoms with E-state index in [0.29, 0.717) is 0 Å². The molecule has 78 valence electrons. The van der Waals surface area contributed by atoms with Crippen molar-refractivity contribution in [2.75, 3.05) is 11.9 Å². The fourth-order valence-corrected chi connectivity index (χ4v) is 1.77. The third-order valence-corrected chi connectivity index (χ3v) is 2.54. The lowest BCUT2D eigenvalue weighted by Crippen LogP contribution is -1.99. The Kier molecular flexibility index (Phi) is 2.86. The van der Waals surface area contributed by atoms with Gasteiger partial charge in [-0.3, -0.25) is 0 Å². The summed E-state index contributed by atoms with van der Waals surface area (Å²) in [6.45, 7) is 5.15. The van der Waals surface area contributed by atoms with Crippen LogP contribution in [0.5, 0.6) is 0 Å². The fourth-order valence-electron chi connectivity index (χ4n) is 1.77. The molecule has 2 nitrogen and oxygen atoms in total. The SMILES string of the molecule is CCNc1ccc2cccc(CC)c2n1. The molecule has 1 aromatic carbocycles. The first-order valence-electron chi connectivity index (χ1n) is 5.47. The monoisotopic (exact) mass is 200 g/mol. The van der Waals surface area contributed by atoms with E-state index in [1.165, 1.54) is 10.9 Å². The van der Waals surface area contributed by atoms with E-state index in [0.717, 1.165) is 24.3 Å². The number of fused-ring (bicyclic) bond motifs is 1. The Bertz CT molecular complexity index is 463. The summed E-state index contributed by atoms with van der Waals surface area (Å²) in [6.07, 6.45) is 1.03. The predicted octanol–water partition coefficient (Wildman–Crippen LogP) is 3.23. The Morgan fingerprint density at radius 2 is 2.00 bits per heavy atom. The number of nitrogens with zero attached hydrogens (tertiary/aromatic N) is 1. The van der Waals surface area contributed by atoms with E-state index in [9.17, 15) is 0 Å². The predicted molar refractivity (Wildman–Crippen MR) is 65.3 cm³/mol. The summed E-state index contributed by atoms with van der Waals surface area (Å²) in [5.74, 6) is 0.964. The molecule has 0 amide bonds. The van der Waals surface area contributed by atoms with Crippen LogP contribution in [0, 0.1) is 0 Å². The second kappa shape index (κ2) is 4.30. The highest BCUT2D eigenvalue weighted by Crippen LogP contribution is 2.19. The highest BCUT2D eigenvalue weighted by atomic mass is 15.0. The van der Waals surface area contributed by atoms with Crippen LogP contribution in [-0.4, -0.2) is 11.5 Å². The first-order chi connectivity index (χ1) is 7.35. The van der Waals surface area contributed by atoms with Gasteiger partial charge in [-0.15, -0.1) is 0 Å². The van der Waals surface area contributed by atoms with Gasteiger partial charge in [0.1, 0.15) is 5.82 Å². The molecule has 0 bridgehead atoms. The molecule has 0 saturated heterocycles. The molecule has 15 heavy (non-hydrogen) atoms. The molecule has 1 heterocycles. The van der Waals surface area contributed by atoms with Gasteiger partial charge in [0.25, 0.3) is 0 Å². The van der Waals surface area contributed by atoms with E-state index in [1.54, 1.807) is 0 Å². The number of benzene rings is 1. The third-order valence-electron chi connectivity index (χ3n) is 2.54. The van der Waals surface area contributed by atoms with Crippen LogP contribution in [0.1, 0.15) is 19.4 Å².